The maximum atomic E-state index is 10.9. The maximum absolute atomic E-state index is 10.9. The summed E-state index contributed by atoms with van der Waals surface area (Å²) in [6.45, 7) is 1.73. The van der Waals surface area contributed by atoms with Crippen molar-refractivity contribution in [2.45, 2.75) is 13.3 Å². The standard InChI is InChI=1S/C12H12O4/c1-2-9(8-6-4-3-5-7-8)10(11(13)14)12(15)16/h3-7H,2H2,1H3,(H,13,14)(H,15,16). The number of carboxylic acids is 2. The monoisotopic (exact) mass is 220 g/mol. The molecule has 84 valence electrons. The van der Waals surface area contributed by atoms with Crippen LogP contribution in [0.5, 0.6) is 0 Å². The van der Waals surface area contributed by atoms with Gasteiger partial charge < -0.3 is 10.2 Å². The highest BCUT2D eigenvalue weighted by Crippen LogP contribution is 2.22. The lowest BCUT2D eigenvalue weighted by Crippen LogP contribution is -2.13. The highest BCUT2D eigenvalue weighted by molar-refractivity contribution is 6.18. The maximum Gasteiger partial charge on any atom is 0.343 e. The third-order valence-electron chi connectivity index (χ3n) is 2.21. The van der Waals surface area contributed by atoms with Crippen molar-refractivity contribution in [2.75, 3.05) is 0 Å². The molecule has 0 aromatic heterocycles. The van der Waals surface area contributed by atoms with E-state index in [1.165, 1.54) is 0 Å². The van der Waals surface area contributed by atoms with Gasteiger partial charge in [-0.3, -0.25) is 0 Å². The second-order valence-corrected chi connectivity index (χ2v) is 3.18. The fraction of sp³-hybridized carbons (Fsp3) is 0.167. The van der Waals surface area contributed by atoms with Gasteiger partial charge in [0.2, 0.25) is 0 Å². The number of hydrogen-bond acceptors (Lipinski definition) is 2. The Morgan fingerprint density at radius 2 is 1.56 bits per heavy atom. The average molecular weight is 220 g/mol. The molecule has 0 saturated heterocycles. The van der Waals surface area contributed by atoms with Crippen LogP contribution in [-0.4, -0.2) is 22.2 Å². The molecular formula is C12H12O4. The molecule has 2 N–H and O–H groups in total. The van der Waals surface area contributed by atoms with Gasteiger partial charge in [0.1, 0.15) is 5.57 Å². The first-order valence-electron chi connectivity index (χ1n) is 4.83. The van der Waals surface area contributed by atoms with Crippen molar-refractivity contribution in [3.05, 3.63) is 41.5 Å². The van der Waals surface area contributed by atoms with Crippen molar-refractivity contribution < 1.29 is 19.8 Å². The van der Waals surface area contributed by atoms with E-state index < -0.39 is 17.5 Å². The molecule has 0 radical (unpaired) electrons. The summed E-state index contributed by atoms with van der Waals surface area (Å²) in [5, 5.41) is 17.7. The number of aliphatic carboxylic acids is 2. The van der Waals surface area contributed by atoms with Crippen LogP contribution >= 0.6 is 0 Å². The van der Waals surface area contributed by atoms with E-state index in [0.717, 1.165) is 0 Å². The largest absolute Gasteiger partial charge is 0.477 e. The van der Waals surface area contributed by atoms with E-state index in [0.29, 0.717) is 17.6 Å². The number of rotatable bonds is 4. The third-order valence-corrected chi connectivity index (χ3v) is 2.21. The summed E-state index contributed by atoms with van der Waals surface area (Å²) in [6.07, 6.45) is 0.359. The van der Waals surface area contributed by atoms with Gasteiger partial charge in [-0.25, -0.2) is 9.59 Å². The molecule has 0 amide bonds. The first-order valence-corrected chi connectivity index (χ1v) is 4.83. The summed E-state index contributed by atoms with van der Waals surface area (Å²) in [7, 11) is 0. The molecule has 0 heterocycles. The molecule has 0 aliphatic rings. The van der Waals surface area contributed by atoms with Gasteiger partial charge in [-0.05, 0) is 17.6 Å². The molecule has 1 rings (SSSR count). The van der Waals surface area contributed by atoms with Crippen LogP contribution in [0.2, 0.25) is 0 Å². The predicted octanol–water partition coefficient (Wildman–Crippen LogP) is 2.02. The van der Waals surface area contributed by atoms with Crippen LogP contribution in [0.4, 0.5) is 0 Å². The number of allylic oxidation sites excluding steroid dienone is 1. The molecule has 4 nitrogen and oxygen atoms in total. The van der Waals surface area contributed by atoms with Gasteiger partial charge in [0.15, 0.2) is 0 Å². The summed E-state index contributed by atoms with van der Waals surface area (Å²) in [6, 6.07) is 8.67. The van der Waals surface area contributed by atoms with E-state index in [1.807, 2.05) is 0 Å². The zero-order chi connectivity index (χ0) is 12.1. The Labute approximate surface area is 92.8 Å². The second-order valence-electron chi connectivity index (χ2n) is 3.18. The van der Waals surface area contributed by atoms with Crippen molar-refractivity contribution >= 4 is 17.5 Å². The minimum absolute atomic E-state index is 0.334. The molecule has 0 aliphatic heterocycles. The molecule has 16 heavy (non-hydrogen) atoms. The van der Waals surface area contributed by atoms with Gasteiger partial charge in [0.05, 0.1) is 0 Å². The number of carbonyl (C=O) groups is 2. The summed E-state index contributed by atoms with van der Waals surface area (Å²) in [5.41, 5.74) is 0.402. The lowest BCUT2D eigenvalue weighted by Gasteiger charge is -2.07. The average Bonchev–Trinajstić information content (AvgIpc) is 2.25. The highest BCUT2D eigenvalue weighted by Gasteiger charge is 2.21. The number of hydrogen-bond donors (Lipinski definition) is 2. The molecule has 4 heteroatoms. The Morgan fingerprint density at radius 3 is 1.94 bits per heavy atom. The number of carboxylic acid groups (broad SMARTS) is 2. The molecule has 0 bridgehead atoms. The SMILES string of the molecule is CCC(=C(C(=O)O)C(=O)O)c1ccccc1. The molecular weight excluding hydrogens is 208 g/mol. The first kappa shape index (κ1) is 12.0. The Morgan fingerprint density at radius 1 is 1.06 bits per heavy atom. The van der Waals surface area contributed by atoms with E-state index in [2.05, 4.69) is 0 Å². The van der Waals surface area contributed by atoms with Crippen LogP contribution in [-0.2, 0) is 9.59 Å². The topological polar surface area (TPSA) is 74.6 Å². The van der Waals surface area contributed by atoms with E-state index >= 15 is 0 Å². The molecule has 0 unspecified atom stereocenters. The fourth-order valence-corrected chi connectivity index (χ4v) is 1.51. The highest BCUT2D eigenvalue weighted by atomic mass is 16.4. The van der Waals surface area contributed by atoms with Crippen LogP contribution in [0.3, 0.4) is 0 Å². The molecule has 1 aromatic rings. The van der Waals surface area contributed by atoms with Gasteiger partial charge in [0, 0.05) is 0 Å². The zero-order valence-corrected chi connectivity index (χ0v) is 8.80. The van der Waals surface area contributed by atoms with Crippen LogP contribution < -0.4 is 0 Å². The van der Waals surface area contributed by atoms with Gasteiger partial charge in [-0.15, -0.1) is 0 Å². The van der Waals surface area contributed by atoms with Crippen molar-refractivity contribution in [3.63, 3.8) is 0 Å². The summed E-state index contributed by atoms with van der Waals surface area (Å²) in [4.78, 5) is 21.8. The molecule has 1 aromatic carbocycles. The van der Waals surface area contributed by atoms with E-state index in [4.69, 9.17) is 10.2 Å². The minimum Gasteiger partial charge on any atom is -0.477 e. The predicted molar refractivity (Wildman–Crippen MR) is 58.9 cm³/mol. The normalized spacial score (nSPS) is 9.56. The smallest absolute Gasteiger partial charge is 0.343 e. The lowest BCUT2D eigenvalue weighted by molar-refractivity contribution is -0.140. The van der Waals surface area contributed by atoms with E-state index in [9.17, 15) is 9.59 Å². The van der Waals surface area contributed by atoms with Crippen molar-refractivity contribution in [1.29, 1.82) is 0 Å². The van der Waals surface area contributed by atoms with Gasteiger partial charge in [0.25, 0.3) is 0 Å². The van der Waals surface area contributed by atoms with Crippen molar-refractivity contribution in [3.8, 4) is 0 Å². The van der Waals surface area contributed by atoms with Gasteiger partial charge in [-0.2, -0.15) is 0 Å². The van der Waals surface area contributed by atoms with Crippen molar-refractivity contribution in [2.24, 2.45) is 0 Å². The summed E-state index contributed by atoms with van der Waals surface area (Å²) >= 11 is 0. The quantitative estimate of drug-likeness (QED) is 0.462. The minimum atomic E-state index is -1.41. The van der Waals surface area contributed by atoms with Crippen molar-refractivity contribution in [1.82, 2.24) is 0 Å². The Kier molecular flexibility index (Phi) is 3.83. The molecule has 0 fully saturated rings. The first-order chi connectivity index (χ1) is 7.57. The molecule has 0 atom stereocenters. The van der Waals surface area contributed by atoms with E-state index in [-0.39, 0.29) is 0 Å². The Hall–Kier alpha value is -2.10. The fourth-order valence-electron chi connectivity index (χ4n) is 1.51. The van der Waals surface area contributed by atoms with Crippen LogP contribution in [0, 0.1) is 0 Å². The Balaban J connectivity index is 3.38. The zero-order valence-electron chi connectivity index (χ0n) is 8.80. The van der Waals surface area contributed by atoms with Crippen LogP contribution in [0.15, 0.2) is 35.9 Å². The van der Waals surface area contributed by atoms with Crippen LogP contribution in [0.1, 0.15) is 18.9 Å². The molecule has 0 aliphatic carbocycles. The van der Waals surface area contributed by atoms with E-state index in [1.54, 1.807) is 37.3 Å². The Bertz CT molecular complexity index is 416. The summed E-state index contributed by atoms with van der Waals surface area (Å²) in [5.74, 6) is -2.82. The van der Waals surface area contributed by atoms with Crippen LogP contribution in [0.25, 0.3) is 5.57 Å². The van der Waals surface area contributed by atoms with Gasteiger partial charge >= 0.3 is 11.9 Å². The second kappa shape index (κ2) is 5.11. The third kappa shape index (κ3) is 2.48. The lowest BCUT2D eigenvalue weighted by atomic mass is 9.97. The number of benzene rings is 1. The molecule has 0 saturated carbocycles. The molecule has 0 spiro atoms. The summed E-state index contributed by atoms with van der Waals surface area (Å²) < 4.78 is 0. The van der Waals surface area contributed by atoms with Gasteiger partial charge in [-0.1, -0.05) is 37.3 Å².